The zero-order valence-corrected chi connectivity index (χ0v) is 9.71. The molecule has 1 N–H and O–H groups in total. The summed E-state index contributed by atoms with van der Waals surface area (Å²) in [4.78, 5) is 19.6. The van der Waals surface area contributed by atoms with Crippen molar-refractivity contribution >= 4 is 28.4 Å². The standard InChI is InChI=1S/C11H11ClN2O2/c1-14(16-2)11(15)10-6-7-5-8(12)3-4-9(7)13-10/h3-6,13H,1-2H3. The lowest BCUT2D eigenvalue weighted by molar-refractivity contribution is -0.0759. The molecular formula is C11H11ClN2O2. The fraction of sp³-hybridized carbons (Fsp3) is 0.182. The minimum absolute atomic E-state index is 0.227. The predicted octanol–water partition coefficient (Wildman–Crippen LogP) is 2.45. The lowest BCUT2D eigenvalue weighted by atomic mass is 10.2. The van der Waals surface area contributed by atoms with Crippen molar-refractivity contribution in [3.8, 4) is 0 Å². The van der Waals surface area contributed by atoms with Crippen LogP contribution in [-0.2, 0) is 4.84 Å². The number of fused-ring (bicyclic) bond motifs is 1. The van der Waals surface area contributed by atoms with Crippen molar-refractivity contribution in [3.05, 3.63) is 35.0 Å². The second-order valence-electron chi connectivity index (χ2n) is 3.40. The highest BCUT2D eigenvalue weighted by molar-refractivity contribution is 6.31. The first-order valence-electron chi connectivity index (χ1n) is 4.72. The molecule has 0 aliphatic heterocycles. The van der Waals surface area contributed by atoms with Gasteiger partial charge in [0.05, 0.1) is 7.11 Å². The highest BCUT2D eigenvalue weighted by Gasteiger charge is 2.13. The zero-order chi connectivity index (χ0) is 11.7. The molecule has 16 heavy (non-hydrogen) atoms. The molecule has 5 heteroatoms. The maximum absolute atomic E-state index is 11.8. The summed E-state index contributed by atoms with van der Waals surface area (Å²) in [7, 11) is 3.00. The van der Waals surface area contributed by atoms with E-state index in [2.05, 4.69) is 4.98 Å². The van der Waals surface area contributed by atoms with E-state index in [1.165, 1.54) is 7.11 Å². The molecule has 0 unspecified atom stereocenters. The van der Waals surface area contributed by atoms with Crippen LogP contribution in [0.1, 0.15) is 10.5 Å². The lowest BCUT2D eigenvalue weighted by Crippen LogP contribution is -2.25. The molecule has 0 atom stereocenters. The first-order chi connectivity index (χ1) is 7.61. The number of amides is 1. The van der Waals surface area contributed by atoms with E-state index in [0.29, 0.717) is 10.7 Å². The number of halogens is 1. The normalized spacial score (nSPS) is 10.7. The average Bonchev–Trinajstić information content (AvgIpc) is 2.69. The summed E-state index contributed by atoms with van der Waals surface area (Å²) in [6, 6.07) is 7.16. The van der Waals surface area contributed by atoms with Gasteiger partial charge in [0.2, 0.25) is 0 Å². The Morgan fingerprint density at radius 2 is 2.19 bits per heavy atom. The Morgan fingerprint density at radius 3 is 2.88 bits per heavy atom. The number of hydrogen-bond donors (Lipinski definition) is 1. The quantitative estimate of drug-likeness (QED) is 0.817. The van der Waals surface area contributed by atoms with Crippen LogP contribution >= 0.6 is 11.6 Å². The third-order valence-electron chi connectivity index (χ3n) is 2.37. The van der Waals surface area contributed by atoms with Gasteiger partial charge in [0, 0.05) is 23.0 Å². The van der Waals surface area contributed by atoms with Gasteiger partial charge in [0.25, 0.3) is 5.91 Å². The van der Waals surface area contributed by atoms with Gasteiger partial charge in [0.1, 0.15) is 5.69 Å². The number of rotatable bonds is 2. The van der Waals surface area contributed by atoms with Crippen molar-refractivity contribution in [1.82, 2.24) is 10.0 Å². The van der Waals surface area contributed by atoms with E-state index in [-0.39, 0.29) is 5.91 Å². The topological polar surface area (TPSA) is 45.3 Å². The van der Waals surface area contributed by atoms with Crippen LogP contribution in [0.25, 0.3) is 10.9 Å². The van der Waals surface area contributed by atoms with E-state index in [9.17, 15) is 4.79 Å². The summed E-state index contributed by atoms with van der Waals surface area (Å²) < 4.78 is 0. The Hall–Kier alpha value is -1.52. The molecule has 0 bridgehead atoms. The first kappa shape index (κ1) is 11.0. The van der Waals surface area contributed by atoms with E-state index >= 15 is 0 Å². The van der Waals surface area contributed by atoms with Gasteiger partial charge in [-0.25, -0.2) is 5.06 Å². The van der Waals surface area contributed by atoms with Crippen LogP contribution in [0.3, 0.4) is 0 Å². The average molecular weight is 239 g/mol. The van der Waals surface area contributed by atoms with Gasteiger partial charge in [0.15, 0.2) is 0 Å². The van der Waals surface area contributed by atoms with Gasteiger partial charge < -0.3 is 4.98 Å². The maximum Gasteiger partial charge on any atom is 0.293 e. The summed E-state index contributed by atoms with van der Waals surface area (Å²) in [5, 5.41) is 2.71. The van der Waals surface area contributed by atoms with Crippen molar-refractivity contribution in [1.29, 1.82) is 0 Å². The third kappa shape index (κ3) is 1.89. The van der Waals surface area contributed by atoms with Gasteiger partial charge in [-0.15, -0.1) is 0 Å². The zero-order valence-electron chi connectivity index (χ0n) is 8.95. The number of carbonyl (C=O) groups excluding carboxylic acids is 1. The Morgan fingerprint density at radius 1 is 1.44 bits per heavy atom. The number of benzene rings is 1. The minimum Gasteiger partial charge on any atom is -0.350 e. The Bertz CT molecular complexity index is 536. The Labute approximate surface area is 97.7 Å². The molecule has 0 fully saturated rings. The van der Waals surface area contributed by atoms with E-state index < -0.39 is 0 Å². The number of hydroxylamine groups is 2. The fourth-order valence-electron chi connectivity index (χ4n) is 1.47. The number of aromatic nitrogens is 1. The Kier molecular flexibility index (Phi) is 2.85. The second kappa shape index (κ2) is 4.15. The van der Waals surface area contributed by atoms with E-state index in [0.717, 1.165) is 16.0 Å². The van der Waals surface area contributed by atoms with Crippen LogP contribution in [0, 0.1) is 0 Å². The number of H-pyrrole nitrogens is 1. The van der Waals surface area contributed by atoms with Gasteiger partial charge in [-0.3, -0.25) is 9.63 Å². The smallest absolute Gasteiger partial charge is 0.293 e. The molecule has 1 amide bonds. The monoisotopic (exact) mass is 238 g/mol. The molecule has 1 aromatic heterocycles. The van der Waals surface area contributed by atoms with Crippen LogP contribution in [0.15, 0.2) is 24.3 Å². The molecule has 84 valence electrons. The van der Waals surface area contributed by atoms with Crippen LogP contribution < -0.4 is 0 Å². The van der Waals surface area contributed by atoms with Crippen LogP contribution in [0.4, 0.5) is 0 Å². The molecule has 1 aromatic carbocycles. The largest absolute Gasteiger partial charge is 0.350 e. The molecule has 0 spiro atoms. The fourth-order valence-corrected chi connectivity index (χ4v) is 1.65. The molecule has 1 heterocycles. The molecule has 0 aliphatic rings. The molecule has 0 radical (unpaired) electrons. The summed E-state index contributed by atoms with van der Waals surface area (Å²) in [6.45, 7) is 0. The summed E-state index contributed by atoms with van der Waals surface area (Å²) >= 11 is 5.86. The van der Waals surface area contributed by atoms with E-state index in [1.54, 1.807) is 25.2 Å². The molecule has 4 nitrogen and oxygen atoms in total. The van der Waals surface area contributed by atoms with Crippen molar-refractivity contribution in [3.63, 3.8) is 0 Å². The van der Waals surface area contributed by atoms with Crippen molar-refractivity contribution in [2.45, 2.75) is 0 Å². The number of hydrogen-bond acceptors (Lipinski definition) is 2. The molecule has 0 saturated heterocycles. The number of nitrogens with zero attached hydrogens (tertiary/aromatic N) is 1. The van der Waals surface area contributed by atoms with Gasteiger partial charge in [-0.2, -0.15) is 0 Å². The van der Waals surface area contributed by atoms with Crippen LogP contribution in [0.2, 0.25) is 5.02 Å². The third-order valence-corrected chi connectivity index (χ3v) is 2.61. The van der Waals surface area contributed by atoms with Gasteiger partial charge in [-0.05, 0) is 24.3 Å². The van der Waals surface area contributed by atoms with Crippen molar-refractivity contribution < 1.29 is 9.63 Å². The molecule has 2 aromatic rings. The lowest BCUT2D eigenvalue weighted by Gasteiger charge is -2.11. The maximum atomic E-state index is 11.8. The summed E-state index contributed by atoms with van der Waals surface area (Å²) in [5.74, 6) is -0.227. The number of carbonyl (C=O) groups is 1. The molecule has 0 saturated carbocycles. The minimum atomic E-state index is -0.227. The summed E-state index contributed by atoms with van der Waals surface area (Å²) in [6.07, 6.45) is 0. The van der Waals surface area contributed by atoms with Crippen molar-refractivity contribution in [2.75, 3.05) is 14.2 Å². The Balaban J connectivity index is 2.43. The van der Waals surface area contributed by atoms with Crippen LogP contribution in [0.5, 0.6) is 0 Å². The summed E-state index contributed by atoms with van der Waals surface area (Å²) in [5.41, 5.74) is 1.35. The highest BCUT2D eigenvalue weighted by atomic mass is 35.5. The predicted molar refractivity (Wildman–Crippen MR) is 62.4 cm³/mol. The molecule has 0 aliphatic carbocycles. The highest BCUT2D eigenvalue weighted by Crippen LogP contribution is 2.20. The van der Waals surface area contributed by atoms with E-state index in [1.807, 2.05) is 6.07 Å². The van der Waals surface area contributed by atoms with E-state index in [4.69, 9.17) is 16.4 Å². The first-order valence-corrected chi connectivity index (χ1v) is 5.10. The van der Waals surface area contributed by atoms with Crippen molar-refractivity contribution in [2.24, 2.45) is 0 Å². The number of nitrogens with one attached hydrogen (secondary N) is 1. The second-order valence-corrected chi connectivity index (χ2v) is 3.84. The molecule has 2 rings (SSSR count). The SMILES string of the molecule is CON(C)C(=O)c1cc2cc(Cl)ccc2[nH]1. The van der Waals surface area contributed by atoms with Gasteiger partial charge in [-0.1, -0.05) is 11.6 Å². The molecular weight excluding hydrogens is 228 g/mol. The van der Waals surface area contributed by atoms with Crippen LogP contribution in [-0.4, -0.2) is 30.1 Å². The number of aromatic amines is 1. The van der Waals surface area contributed by atoms with Gasteiger partial charge >= 0.3 is 0 Å².